The smallest absolute Gasteiger partial charge is 0.211 e. The lowest BCUT2D eigenvalue weighted by molar-refractivity contribution is 0.581. The zero-order valence-corrected chi connectivity index (χ0v) is 11.1. The number of halogens is 2. The standard InChI is InChI=1S/C9H11BrClNO2S/c10-5-2-6-12-15(13,14)9-4-1-3-8(11)7-9/h1,3-4,7,12H,2,5-6H2. The topological polar surface area (TPSA) is 46.2 Å². The van der Waals surface area contributed by atoms with Gasteiger partial charge in [-0.25, -0.2) is 13.1 Å². The molecule has 0 aromatic heterocycles. The second kappa shape index (κ2) is 5.84. The number of sulfonamides is 1. The van der Waals surface area contributed by atoms with Crippen LogP contribution >= 0.6 is 27.5 Å². The summed E-state index contributed by atoms with van der Waals surface area (Å²) < 4.78 is 25.8. The Morgan fingerprint density at radius 2 is 2.13 bits per heavy atom. The number of alkyl halides is 1. The zero-order valence-electron chi connectivity index (χ0n) is 7.91. The number of hydrogen-bond donors (Lipinski definition) is 1. The van der Waals surface area contributed by atoms with Gasteiger partial charge in [-0.05, 0) is 24.6 Å². The minimum absolute atomic E-state index is 0.199. The first kappa shape index (κ1) is 13.0. The predicted octanol–water partition coefficient (Wildman–Crippen LogP) is 2.40. The van der Waals surface area contributed by atoms with E-state index in [1.165, 1.54) is 12.1 Å². The molecule has 6 heteroatoms. The molecule has 84 valence electrons. The fourth-order valence-corrected chi connectivity index (χ4v) is 2.65. The SMILES string of the molecule is O=S(=O)(NCCCBr)c1cccc(Cl)c1. The van der Waals surface area contributed by atoms with Crippen molar-refractivity contribution in [1.82, 2.24) is 4.72 Å². The molecule has 3 nitrogen and oxygen atoms in total. The lowest BCUT2D eigenvalue weighted by atomic mass is 10.4. The molecule has 0 spiro atoms. The van der Waals surface area contributed by atoms with Gasteiger partial charge in [0.1, 0.15) is 0 Å². The molecule has 0 atom stereocenters. The van der Waals surface area contributed by atoms with Crippen molar-refractivity contribution in [1.29, 1.82) is 0 Å². The van der Waals surface area contributed by atoms with E-state index < -0.39 is 10.0 Å². The van der Waals surface area contributed by atoms with Gasteiger partial charge in [0.2, 0.25) is 10.0 Å². The molecule has 0 saturated heterocycles. The molecular weight excluding hydrogens is 302 g/mol. The largest absolute Gasteiger partial charge is 0.240 e. The lowest BCUT2D eigenvalue weighted by Gasteiger charge is -2.05. The number of hydrogen-bond acceptors (Lipinski definition) is 2. The maximum absolute atomic E-state index is 11.7. The summed E-state index contributed by atoms with van der Waals surface area (Å²) in [6, 6.07) is 6.20. The Kier molecular flexibility index (Phi) is 5.05. The van der Waals surface area contributed by atoms with Crippen molar-refractivity contribution in [3.05, 3.63) is 29.3 Å². The fourth-order valence-electron chi connectivity index (χ4n) is 0.991. The first-order valence-corrected chi connectivity index (χ1v) is 7.36. The Morgan fingerprint density at radius 3 is 2.73 bits per heavy atom. The predicted molar refractivity (Wildman–Crippen MR) is 65.1 cm³/mol. The Labute approximate surface area is 103 Å². The Bertz CT molecular complexity index is 422. The summed E-state index contributed by atoms with van der Waals surface area (Å²) in [5.74, 6) is 0. The lowest BCUT2D eigenvalue weighted by Crippen LogP contribution is -2.24. The Balaban J connectivity index is 2.77. The quantitative estimate of drug-likeness (QED) is 0.670. The van der Waals surface area contributed by atoms with Gasteiger partial charge in [0.15, 0.2) is 0 Å². The van der Waals surface area contributed by atoms with Crippen molar-refractivity contribution >= 4 is 37.6 Å². The minimum Gasteiger partial charge on any atom is -0.211 e. The number of nitrogens with one attached hydrogen (secondary N) is 1. The highest BCUT2D eigenvalue weighted by atomic mass is 79.9. The normalized spacial score (nSPS) is 11.6. The van der Waals surface area contributed by atoms with Crippen molar-refractivity contribution in [3.8, 4) is 0 Å². The van der Waals surface area contributed by atoms with E-state index in [1.807, 2.05) is 0 Å². The van der Waals surface area contributed by atoms with Crippen LogP contribution in [0.15, 0.2) is 29.2 Å². The maximum atomic E-state index is 11.7. The first-order valence-electron chi connectivity index (χ1n) is 4.37. The van der Waals surface area contributed by atoms with Gasteiger partial charge in [-0.3, -0.25) is 0 Å². The van der Waals surface area contributed by atoms with E-state index in [4.69, 9.17) is 11.6 Å². The molecule has 0 unspecified atom stereocenters. The van der Waals surface area contributed by atoms with Crippen molar-refractivity contribution in [2.24, 2.45) is 0 Å². The van der Waals surface area contributed by atoms with Gasteiger partial charge in [-0.2, -0.15) is 0 Å². The monoisotopic (exact) mass is 311 g/mol. The number of rotatable bonds is 5. The Hall–Kier alpha value is -0.100. The van der Waals surface area contributed by atoms with Crippen molar-refractivity contribution in [2.45, 2.75) is 11.3 Å². The van der Waals surface area contributed by atoms with Crippen molar-refractivity contribution < 1.29 is 8.42 Å². The highest BCUT2D eigenvalue weighted by molar-refractivity contribution is 9.09. The molecule has 0 fully saturated rings. The van der Waals surface area contributed by atoms with Crippen LogP contribution in [0.5, 0.6) is 0 Å². The summed E-state index contributed by atoms with van der Waals surface area (Å²) in [6.45, 7) is 0.417. The van der Waals surface area contributed by atoms with Crippen LogP contribution in [0.3, 0.4) is 0 Å². The van der Waals surface area contributed by atoms with E-state index >= 15 is 0 Å². The average molecular weight is 313 g/mol. The highest BCUT2D eigenvalue weighted by Crippen LogP contribution is 2.14. The minimum atomic E-state index is -3.41. The van der Waals surface area contributed by atoms with E-state index in [0.717, 1.165) is 11.8 Å². The molecule has 0 aliphatic heterocycles. The average Bonchev–Trinajstić information content (AvgIpc) is 2.18. The molecule has 0 radical (unpaired) electrons. The fraction of sp³-hybridized carbons (Fsp3) is 0.333. The molecule has 0 saturated carbocycles. The van der Waals surface area contributed by atoms with Crippen LogP contribution < -0.4 is 4.72 Å². The Morgan fingerprint density at radius 1 is 1.40 bits per heavy atom. The van der Waals surface area contributed by atoms with Gasteiger partial charge in [-0.1, -0.05) is 33.6 Å². The maximum Gasteiger partial charge on any atom is 0.240 e. The molecule has 0 heterocycles. The van der Waals surface area contributed by atoms with Crippen LogP contribution in [0.25, 0.3) is 0 Å². The molecule has 1 rings (SSSR count). The van der Waals surface area contributed by atoms with Gasteiger partial charge in [0.05, 0.1) is 4.90 Å². The molecular formula is C9H11BrClNO2S. The molecule has 1 aromatic rings. The van der Waals surface area contributed by atoms with Gasteiger partial charge in [0, 0.05) is 16.9 Å². The first-order chi connectivity index (χ1) is 7.06. The molecule has 0 aliphatic rings. The molecule has 0 bridgehead atoms. The molecule has 0 amide bonds. The summed E-state index contributed by atoms with van der Waals surface area (Å²) >= 11 is 8.94. The van der Waals surface area contributed by atoms with Crippen molar-refractivity contribution in [3.63, 3.8) is 0 Å². The third-order valence-electron chi connectivity index (χ3n) is 1.71. The number of benzene rings is 1. The molecule has 1 N–H and O–H groups in total. The third-order valence-corrected chi connectivity index (χ3v) is 3.96. The summed E-state index contributed by atoms with van der Waals surface area (Å²) in [5.41, 5.74) is 0. The van der Waals surface area contributed by atoms with Crippen LogP contribution in [-0.4, -0.2) is 20.3 Å². The summed E-state index contributed by atoms with van der Waals surface area (Å²) in [4.78, 5) is 0.199. The molecule has 1 aromatic carbocycles. The van der Waals surface area contributed by atoms with Crippen LogP contribution in [0.2, 0.25) is 5.02 Å². The summed E-state index contributed by atoms with van der Waals surface area (Å²) in [6.07, 6.45) is 0.750. The second-order valence-corrected chi connectivity index (χ2v) is 5.89. The second-order valence-electron chi connectivity index (χ2n) is 2.90. The van der Waals surface area contributed by atoms with Crippen LogP contribution in [0.1, 0.15) is 6.42 Å². The third kappa shape index (κ3) is 4.10. The van der Waals surface area contributed by atoms with Crippen molar-refractivity contribution in [2.75, 3.05) is 11.9 Å². The van der Waals surface area contributed by atoms with Gasteiger partial charge < -0.3 is 0 Å². The van der Waals surface area contributed by atoms with E-state index in [0.29, 0.717) is 11.6 Å². The highest BCUT2D eigenvalue weighted by Gasteiger charge is 2.12. The van der Waals surface area contributed by atoms with Gasteiger partial charge in [-0.15, -0.1) is 0 Å². The van der Waals surface area contributed by atoms with Crippen LogP contribution in [0, 0.1) is 0 Å². The van der Waals surface area contributed by atoms with Gasteiger partial charge >= 0.3 is 0 Å². The van der Waals surface area contributed by atoms with Gasteiger partial charge in [0.25, 0.3) is 0 Å². The van der Waals surface area contributed by atoms with Crippen LogP contribution in [0.4, 0.5) is 0 Å². The molecule has 0 aliphatic carbocycles. The van der Waals surface area contributed by atoms with E-state index in [1.54, 1.807) is 12.1 Å². The summed E-state index contributed by atoms with van der Waals surface area (Å²) in [7, 11) is -3.41. The van der Waals surface area contributed by atoms with E-state index in [9.17, 15) is 8.42 Å². The van der Waals surface area contributed by atoms with E-state index in [2.05, 4.69) is 20.7 Å². The zero-order chi connectivity index (χ0) is 11.3. The van der Waals surface area contributed by atoms with E-state index in [-0.39, 0.29) is 4.90 Å². The summed E-state index contributed by atoms with van der Waals surface area (Å²) in [5, 5.41) is 1.18. The van der Waals surface area contributed by atoms with Crippen LogP contribution in [-0.2, 0) is 10.0 Å². The molecule has 15 heavy (non-hydrogen) atoms.